The minimum Gasteiger partial charge on any atom is -0.497 e. The van der Waals surface area contributed by atoms with Crippen LogP contribution in [0.5, 0.6) is 17.2 Å². The van der Waals surface area contributed by atoms with Gasteiger partial charge in [-0.05, 0) is 67.4 Å². The summed E-state index contributed by atoms with van der Waals surface area (Å²) in [7, 11) is 1.62. The summed E-state index contributed by atoms with van der Waals surface area (Å²) in [6.07, 6.45) is 4.75. The number of methoxy groups -OCH3 is 1. The number of nitrogens with one attached hydrogen (secondary N) is 1. The molecule has 1 spiro atoms. The Morgan fingerprint density at radius 1 is 0.780 bits per heavy atom. The zero-order valence-corrected chi connectivity index (χ0v) is 23.9. The second-order valence-corrected chi connectivity index (χ2v) is 10.7. The standard InChI is InChI=1S/C35H36N2O4/c1-4-6-20-37(21-7-5-2)26-15-12-24(13-16-26)36-25-14-18-30-32(22-25)40-33-23-27(39-3)17-19-31(33)35(30)29-11-9-8-10-28(29)34(38)41-35/h8-19,22-23,36H,4-7,20-21H2,1-3H3. The minimum absolute atomic E-state index is 0.343. The predicted molar refractivity (Wildman–Crippen MR) is 163 cm³/mol. The van der Waals surface area contributed by atoms with Crippen LogP contribution in [-0.4, -0.2) is 26.2 Å². The van der Waals surface area contributed by atoms with Gasteiger partial charge in [0.2, 0.25) is 0 Å². The van der Waals surface area contributed by atoms with Crippen LogP contribution in [0.1, 0.15) is 66.6 Å². The average Bonchev–Trinajstić information content (AvgIpc) is 3.30. The van der Waals surface area contributed by atoms with Crippen LogP contribution in [-0.2, 0) is 10.3 Å². The van der Waals surface area contributed by atoms with E-state index < -0.39 is 5.60 Å². The summed E-state index contributed by atoms with van der Waals surface area (Å²) < 4.78 is 18.2. The Morgan fingerprint density at radius 2 is 1.44 bits per heavy atom. The quantitative estimate of drug-likeness (QED) is 0.201. The van der Waals surface area contributed by atoms with Crippen molar-refractivity contribution in [3.63, 3.8) is 0 Å². The maximum atomic E-state index is 13.1. The number of unbranched alkanes of at least 4 members (excludes halogenated alkanes) is 2. The van der Waals surface area contributed by atoms with Gasteiger partial charge in [-0.3, -0.25) is 0 Å². The molecule has 0 aromatic heterocycles. The van der Waals surface area contributed by atoms with Crippen LogP contribution in [0.15, 0.2) is 84.9 Å². The summed E-state index contributed by atoms with van der Waals surface area (Å²) in [5.41, 5.74) is 4.97. The molecule has 2 aliphatic heterocycles. The van der Waals surface area contributed by atoms with Gasteiger partial charge in [0.15, 0.2) is 5.60 Å². The summed E-state index contributed by atoms with van der Waals surface area (Å²) >= 11 is 0. The molecule has 6 nitrogen and oxygen atoms in total. The zero-order valence-electron chi connectivity index (χ0n) is 23.9. The Hall–Kier alpha value is -4.45. The molecular weight excluding hydrogens is 512 g/mol. The Labute approximate surface area is 241 Å². The molecule has 1 N–H and O–H groups in total. The van der Waals surface area contributed by atoms with E-state index in [0.29, 0.717) is 22.8 Å². The first kappa shape index (κ1) is 26.8. The molecular formula is C35H36N2O4. The monoisotopic (exact) mass is 548 g/mol. The van der Waals surface area contributed by atoms with Crippen LogP contribution >= 0.6 is 0 Å². The van der Waals surface area contributed by atoms with Crippen molar-refractivity contribution in [3.8, 4) is 17.2 Å². The molecule has 6 heteroatoms. The van der Waals surface area contributed by atoms with Crippen LogP contribution in [0.4, 0.5) is 17.1 Å². The van der Waals surface area contributed by atoms with Gasteiger partial charge < -0.3 is 24.4 Å². The molecule has 0 fully saturated rings. The summed E-state index contributed by atoms with van der Waals surface area (Å²) in [6, 6.07) is 27.8. The van der Waals surface area contributed by atoms with Gasteiger partial charge in [-0.25, -0.2) is 4.79 Å². The number of anilines is 3. The molecule has 0 aliphatic carbocycles. The van der Waals surface area contributed by atoms with Gasteiger partial charge >= 0.3 is 5.97 Å². The number of fused-ring (bicyclic) bond motifs is 6. The molecule has 4 aromatic rings. The molecule has 210 valence electrons. The number of nitrogens with zero attached hydrogens (tertiary/aromatic N) is 1. The van der Waals surface area contributed by atoms with Gasteiger partial charge in [0.05, 0.1) is 12.7 Å². The fourth-order valence-electron chi connectivity index (χ4n) is 5.85. The molecule has 4 aromatic carbocycles. The van der Waals surface area contributed by atoms with Crippen LogP contribution < -0.4 is 19.7 Å². The number of benzene rings is 4. The van der Waals surface area contributed by atoms with Crippen LogP contribution in [0.3, 0.4) is 0 Å². The van der Waals surface area contributed by atoms with Gasteiger partial charge in [-0.1, -0.05) is 44.9 Å². The molecule has 41 heavy (non-hydrogen) atoms. The van der Waals surface area contributed by atoms with Gasteiger partial charge in [0.25, 0.3) is 0 Å². The van der Waals surface area contributed by atoms with Crippen molar-refractivity contribution >= 4 is 23.0 Å². The molecule has 0 saturated carbocycles. The lowest BCUT2D eigenvalue weighted by molar-refractivity contribution is 0.0224. The summed E-state index contributed by atoms with van der Waals surface area (Å²) in [5, 5.41) is 3.53. The van der Waals surface area contributed by atoms with E-state index in [4.69, 9.17) is 14.2 Å². The molecule has 1 atom stereocenters. The first-order valence-electron chi connectivity index (χ1n) is 14.5. The molecule has 2 aliphatic rings. The zero-order chi connectivity index (χ0) is 28.4. The van der Waals surface area contributed by atoms with Crippen molar-refractivity contribution in [2.24, 2.45) is 0 Å². The summed E-state index contributed by atoms with van der Waals surface area (Å²) in [5.74, 6) is 1.55. The Bertz CT molecular complexity index is 1560. The first-order chi connectivity index (χ1) is 20.1. The predicted octanol–water partition coefficient (Wildman–Crippen LogP) is 8.41. The maximum Gasteiger partial charge on any atom is 0.340 e. The molecule has 2 heterocycles. The lowest BCUT2D eigenvalue weighted by Gasteiger charge is -2.36. The second kappa shape index (κ2) is 11.2. The lowest BCUT2D eigenvalue weighted by atomic mass is 9.77. The number of hydrogen-bond acceptors (Lipinski definition) is 6. The molecule has 0 bridgehead atoms. The highest BCUT2D eigenvalue weighted by Crippen LogP contribution is 2.56. The maximum absolute atomic E-state index is 13.1. The third kappa shape index (κ3) is 4.77. The number of carbonyl (C=O) groups excluding carboxylic acids is 1. The van der Waals surface area contributed by atoms with E-state index >= 15 is 0 Å². The number of carbonyl (C=O) groups is 1. The topological polar surface area (TPSA) is 60.0 Å². The van der Waals surface area contributed by atoms with Crippen molar-refractivity contribution in [3.05, 3.63) is 107 Å². The molecule has 0 saturated heterocycles. The van der Waals surface area contributed by atoms with Gasteiger partial charge in [0, 0.05) is 59.0 Å². The second-order valence-electron chi connectivity index (χ2n) is 10.7. The van der Waals surface area contributed by atoms with Crippen molar-refractivity contribution in [2.75, 3.05) is 30.4 Å². The highest BCUT2D eigenvalue weighted by Gasteiger charge is 2.53. The van der Waals surface area contributed by atoms with E-state index in [1.807, 2.05) is 60.7 Å². The normalized spacial score (nSPS) is 16.3. The Balaban J connectivity index is 1.34. The lowest BCUT2D eigenvalue weighted by Crippen LogP contribution is -2.33. The number of rotatable bonds is 10. The van der Waals surface area contributed by atoms with Crippen LogP contribution in [0.25, 0.3) is 0 Å². The van der Waals surface area contributed by atoms with E-state index in [-0.39, 0.29) is 5.97 Å². The minimum atomic E-state index is -1.09. The molecule has 0 radical (unpaired) electrons. The van der Waals surface area contributed by atoms with E-state index in [1.165, 1.54) is 31.4 Å². The van der Waals surface area contributed by atoms with E-state index in [2.05, 4.69) is 48.3 Å². The Morgan fingerprint density at radius 3 is 2.15 bits per heavy atom. The van der Waals surface area contributed by atoms with Crippen molar-refractivity contribution in [1.29, 1.82) is 0 Å². The van der Waals surface area contributed by atoms with Crippen LogP contribution in [0, 0.1) is 0 Å². The smallest absolute Gasteiger partial charge is 0.340 e. The first-order valence-corrected chi connectivity index (χ1v) is 14.5. The highest BCUT2D eigenvalue weighted by atomic mass is 16.6. The third-order valence-electron chi connectivity index (χ3n) is 8.01. The van der Waals surface area contributed by atoms with E-state index in [9.17, 15) is 4.79 Å². The highest BCUT2D eigenvalue weighted by molar-refractivity contribution is 5.97. The van der Waals surface area contributed by atoms with Crippen molar-refractivity contribution < 1.29 is 19.0 Å². The van der Waals surface area contributed by atoms with E-state index in [1.54, 1.807) is 7.11 Å². The molecule has 6 rings (SSSR count). The summed E-state index contributed by atoms with van der Waals surface area (Å²) in [4.78, 5) is 15.6. The van der Waals surface area contributed by atoms with Crippen molar-refractivity contribution in [2.45, 2.75) is 45.1 Å². The van der Waals surface area contributed by atoms with Crippen LogP contribution in [0.2, 0.25) is 0 Å². The SMILES string of the molecule is CCCCN(CCCC)c1ccc(Nc2ccc3c(c2)Oc2cc(OC)ccc2C32OC(=O)c3ccccc32)cc1. The molecule has 0 amide bonds. The third-order valence-corrected chi connectivity index (χ3v) is 8.01. The van der Waals surface area contributed by atoms with Gasteiger partial charge in [-0.2, -0.15) is 0 Å². The Kier molecular flexibility index (Phi) is 7.31. The van der Waals surface area contributed by atoms with Gasteiger partial charge in [0.1, 0.15) is 17.2 Å². The number of ether oxygens (including phenoxy) is 3. The molecule has 1 unspecified atom stereocenters. The number of hydrogen-bond donors (Lipinski definition) is 1. The fourth-order valence-corrected chi connectivity index (χ4v) is 5.85. The summed E-state index contributed by atoms with van der Waals surface area (Å²) in [6.45, 7) is 6.62. The van der Waals surface area contributed by atoms with Gasteiger partial charge in [-0.15, -0.1) is 0 Å². The average molecular weight is 549 g/mol. The number of esters is 1. The van der Waals surface area contributed by atoms with Crippen molar-refractivity contribution in [1.82, 2.24) is 0 Å². The fraction of sp³-hybridized carbons (Fsp3) is 0.286. The van der Waals surface area contributed by atoms with E-state index in [0.717, 1.165) is 41.2 Å². The largest absolute Gasteiger partial charge is 0.497 e.